The maximum Gasteiger partial charge on any atom is 0.203 e. The topological polar surface area (TPSA) is 46.5 Å². The first-order valence-electron chi connectivity index (χ1n) is 5.24. The molecule has 1 aromatic carbocycles. The summed E-state index contributed by atoms with van der Waals surface area (Å²) in [4.78, 5) is 4.24. The number of nitrogens with zero attached hydrogens (tertiary/aromatic N) is 2. The molecule has 0 aliphatic carbocycles. The van der Waals surface area contributed by atoms with Crippen molar-refractivity contribution in [3.8, 4) is 5.75 Å². The quantitative estimate of drug-likeness (QED) is 0.688. The molecule has 18 heavy (non-hydrogen) atoms. The first-order chi connectivity index (χ1) is 8.69. The van der Waals surface area contributed by atoms with Gasteiger partial charge in [-0.2, -0.15) is 5.10 Å². The van der Waals surface area contributed by atoms with Crippen molar-refractivity contribution < 1.29 is 4.74 Å². The highest BCUT2D eigenvalue weighted by Crippen LogP contribution is 2.24. The summed E-state index contributed by atoms with van der Waals surface area (Å²) in [5.74, 6) is 0.630. The molecule has 0 atom stereocenters. The van der Waals surface area contributed by atoms with Crippen LogP contribution in [0.3, 0.4) is 0 Å². The lowest BCUT2D eigenvalue weighted by Gasteiger charge is -2.03. The number of hydrazone groups is 1. The van der Waals surface area contributed by atoms with E-state index in [2.05, 4.69) is 15.5 Å². The Morgan fingerprint density at radius 3 is 3.00 bits per heavy atom. The summed E-state index contributed by atoms with van der Waals surface area (Å²) < 4.78 is 5.13. The second-order valence-electron chi connectivity index (χ2n) is 3.56. The number of methoxy groups -OCH3 is 1. The molecule has 6 heteroatoms. The van der Waals surface area contributed by atoms with Gasteiger partial charge in [-0.25, -0.2) is 4.98 Å². The maximum atomic E-state index is 5.94. The molecule has 1 N–H and O–H groups in total. The minimum absolute atomic E-state index is 0.582. The molecular formula is C12H12ClN3OS. The van der Waals surface area contributed by atoms with E-state index in [0.29, 0.717) is 10.8 Å². The molecule has 4 nitrogen and oxygen atoms in total. The average molecular weight is 282 g/mol. The number of benzene rings is 1. The summed E-state index contributed by atoms with van der Waals surface area (Å²) in [5.41, 5.74) is 4.75. The average Bonchev–Trinajstić information content (AvgIpc) is 2.77. The number of rotatable bonds is 4. The standard InChI is InChI=1S/C12H12ClN3OS/c1-8-7-18-12(15-8)16-14-6-9-3-4-10(13)11(5-9)17-2/h3-7H,1-2H3,(H,15,16). The van der Waals surface area contributed by atoms with Crippen LogP contribution in [0.2, 0.25) is 5.02 Å². The van der Waals surface area contributed by atoms with Crippen LogP contribution in [-0.2, 0) is 0 Å². The smallest absolute Gasteiger partial charge is 0.203 e. The number of hydrogen-bond donors (Lipinski definition) is 1. The number of aromatic nitrogens is 1. The molecule has 0 spiro atoms. The van der Waals surface area contributed by atoms with Gasteiger partial charge in [0, 0.05) is 5.38 Å². The van der Waals surface area contributed by atoms with Crippen LogP contribution in [-0.4, -0.2) is 18.3 Å². The first-order valence-corrected chi connectivity index (χ1v) is 6.49. The van der Waals surface area contributed by atoms with Crippen molar-refractivity contribution in [1.29, 1.82) is 0 Å². The van der Waals surface area contributed by atoms with Gasteiger partial charge >= 0.3 is 0 Å². The van der Waals surface area contributed by atoms with Crippen LogP contribution >= 0.6 is 22.9 Å². The Hall–Kier alpha value is -1.59. The van der Waals surface area contributed by atoms with Crippen LogP contribution in [0.4, 0.5) is 5.13 Å². The Bertz CT molecular complexity index is 568. The van der Waals surface area contributed by atoms with Gasteiger partial charge in [-0.3, -0.25) is 5.43 Å². The zero-order valence-electron chi connectivity index (χ0n) is 9.98. The second kappa shape index (κ2) is 5.84. The van der Waals surface area contributed by atoms with Gasteiger partial charge in [-0.15, -0.1) is 11.3 Å². The van der Waals surface area contributed by atoms with Crippen molar-refractivity contribution in [3.63, 3.8) is 0 Å². The van der Waals surface area contributed by atoms with Crippen molar-refractivity contribution >= 4 is 34.3 Å². The molecule has 0 bridgehead atoms. The largest absolute Gasteiger partial charge is 0.495 e. The SMILES string of the molecule is COc1cc(C=NNc2nc(C)cs2)ccc1Cl. The lowest BCUT2D eigenvalue weighted by Crippen LogP contribution is -1.91. The fraction of sp³-hybridized carbons (Fsp3) is 0.167. The molecule has 0 aliphatic heterocycles. The van der Waals surface area contributed by atoms with E-state index in [1.807, 2.05) is 24.4 Å². The molecule has 0 fully saturated rings. The second-order valence-corrected chi connectivity index (χ2v) is 4.82. The maximum absolute atomic E-state index is 5.94. The summed E-state index contributed by atoms with van der Waals surface area (Å²) >= 11 is 7.45. The van der Waals surface area contributed by atoms with E-state index >= 15 is 0 Å². The summed E-state index contributed by atoms with van der Waals surface area (Å²) in [6.45, 7) is 1.94. The van der Waals surface area contributed by atoms with Gasteiger partial charge in [-0.05, 0) is 24.6 Å². The number of ether oxygens (including phenoxy) is 1. The summed E-state index contributed by atoms with van der Waals surface area (Å²) in [5, 5.41) is 7.42. The van der Waals surface area contributed by atoms with Gasteiger partial charge < -0.3 is 4.74 Å². The fourth-order valence-corrected chi connectivity index (χ4v) is 2.16. The molecular weight excluding hydrogens is 270 g/mol. The van der Waals surface area contributed by atoms with E-state index in [9.17, 15) is 0 Å². The molecule has 2 aromatic rings. The molecule has 94 valence electrons. The van der Waals surface area contributed by atoms with Crippen LogP contribution in [0.5, 0.6) is 5.75 Å². The third-order valence-electron chi connectivity index (χ3n) is 2.17. The summed E-state index contributed by atoms with van der Waals surface area (Å²) in [7, 11) is 1.58. The first kappa shape index (κ1) is 12.9. The minimum atomic E-state index is 0.582. The zero-order chi connectivity index (χ0) is 13.0. The number of anilines is 1. The summed E-state index contributed by atoms with van der Waals surface area (Å²) in [6.07, 6.45) is 1.69. The Morgan fingerprint density at radius 2 is 2.33 bits per heavy atom. The molecule has 1 heterocycles. The fourth-order valence-electron chi connectivity index (χ4n) is 1.32. The van der Waals surface area contributed by atoms with Gasteiger partial charge in [-0.1, -0.05) is 17.7 Å². The van der Waals surface area contributed by atoms with Gasteiger partial charge in [0.25, 0.3) is 0 Å². The van der Waals surface area contributed by atoms with Crippen molar-refractivity contribution in [3.05, 3.63) is 39.9 Å². The molecule has 0 amide bonds. The number of thiazole rings is 1. The van der Waals surface area contributed by atoms with Crippen LogP contribution in [0.25, 0.3) is 0 Å². The number of aryl methyl sites for hydroxylation is 1. The Balaban J connectivity index is 2.04. The van der Waals surface area contributed by atoms with Crippen molar-refractivity contribution in [1.82, 2.24) is 4.98 Å². The van der Waals surface area contributed by atoms with E-state index in [-0.39, 0.29) is 0 Å². The normalized spacial score (nSPS) is 10.8. The van der Waals surface area contributed by atoms with Gasteiger partial charge in [0.05, 0.1) is 24.0 Å². The molecule has 2 rings (SSSR count). The Labute approximate surface area is 114 Å². The predicted octanol–water partition coefficient (Wildman–Crippen LogP) is 3.56. The van der Waals surface area contributed by atoms with Crippen LogP contribution in [0.15, 0.2) is 28.7 Å². The lowest BCUT2D eigenvalue weighted by atomic mass is 10.2. The zero-order valence-corrected chi connectivity index (χ0v) is 11.5. The van der Waals surface area contributed by atoms with E-state index in [1.54, 1.807) is 19.4 Å². The van der Waals surface area contributed by atoms with E-state index < -0.39 is 0 Å². The third-order valence-corrected chi connectivity index (χ3v) is 3.35. The molecule has 0 radical (unpaired) electrons. The molecule has 0 unspecified atom stereocenters. The highest BCUT2D eigenvalue weighted by molar-refractivity contribution is 7.13. The molecule has 0 saturated heterocycles. The number of hydrogen-bond acceptors (Lipinski definition) is 5. The number of nitrogens with one attached hydrogen (secondary N) is 1. The third kappa shape index (κ3) is 3.21. The van der Waals surface area contributed by atoms with Crippen molar-refractivity contribution in [2.45, 2.75) is 6.92 Å². The van der Waals surface area contributed by atoms with E-state index in [1.165, 1.54) is 11.3 Å². The van der Waals surface area contributed by atoms with Gasteiger partial charge in [0.1, 0.15) is 5.75 Å². The Kier molecular flexibility index (Phi) is 4.17. The number of halogens is 1. The highest BCUT2D eigenvalue weighted by atomic mass is 35.5. The molecule has 1 aromatic heterocycles. The van der Waals surface area contributed by atoms with Crippen LogP contribution in [0.1, 0.15) is 11.3 Å². The molecule has 0 aliphatic rings. The van der Waals surface area contributed by atoms with Crippen molar-refractivity contribution in [2.75, 3.05) is 12.5 Å². The monoisotopic (exact) mass is 281 g/mol. The highest BCUT2D eigenvalue weighted by Gasteiger charge is 2.00. The molecule has 0 saturated carbocycles. The van der Waals surface area contributed by atoms with Crippen molar-refractivity contribution in [2.24, 2.45) is 5.10 Å². The minimum Gasteiger partial charge on any atom is -0.495 e. The van der Waals surface area contributed by atoms with E-state index in [4.69, 9.17) is 16.3 Å². The van der Waals surface area contributed by atoms with Gasteiger partial charge in [0.2, 0.25) is 5.13 Å². The van der Waals surface area contributed by atoms with E-state index in [0.717, 1.165) is 16.4 Å². The van der Waals surface area contributed by atoms with Crippen LogP contribution < -0.4 is 10.2 Å². The van der Waals surface area contributed by atoms with Gasteiger partial charge in [0.15, 0.2) is 0 Å². The Morgan fingerprint density at radius 1 is 1.50 bits per heavy atom. The predicted molar refractivity (Wildman–Crippen MR) is 76.1 cm³/mol. The summed E-state index contributed by atoms with van der Waals surface area (Å²) in [6, 6.07) is 5.46. The van der Waals surface area contributed by atoms with Crippen LogP contribution in [0, 0.1) is 6.92 Å². The lowest BCUT2D eigenvalue weighted by molar-refractivity contribution is 0.415.